The van der Waals surface area contributed by atoms with Crippen LogP contribution in [0.3, 0.4) is 0 Å². The minimum absolute atomic E-state index is 0.0206. The second-order valence-electron chi connectivity index (χ2n) is 5.38. The summed E-state index contributed by atoms with van der Waals surface area (Å²) in [6.07, 6.45) is 3.50. The van der Waals surface area contributed by atoms with Gasteiger partial charge in [-0.1, -0.05) is 12.1 Å². The summed E-state index contributed by atoms with van der Waals surface area (Å²) in [5.41, 5.74) is 0.303. The molecule has 2 rings (SSSR count). The van der Waals surface area contributed by atoms with Crippen LogP contribution in [0, 0.1) is 10.1 Å². The van der Waals surface area contributed by atoms with Crippen molar-refractivity contribution in [3.63, 3.8) is 0 Å². The Morgan fingerprint density at radius 2 is 2.18 bits per heavy atom. The van der Waals surface area contributed by atoms with Gasteiger partial charge in [0, 0.05) is 25.3 Å². The molecule has 0 saturated carbocycles. The molecule has 1 amide bonds. The summed E-state index contributed by atoms with van der Waals surface area (Å²) in [4.78, 5) is 24.6. The van der Waals surface area contributed by atoms with Crippen LogP contribution < -0.4 is 5.32 Å². The first-order chi connectivity index (χ1) is 10.6. The summed E-state index contributed by atoms with van der Waals surface area (Å²) in [7, 11) is 0. The van der Waals surface area contributed by atoms with Crippen LogP contribution in [-0.4, -0.2) is 46.6 Å². The molecule has 1 fully saturated rings. The molecule has 1 heterocycles. The molecule has 0 bridgehead atoms. The zero-order valence-corrected chi connectivity index (χ0v) is 12.4. The number of nitrogens with one attached hydrogen (secondary N) is 1. The highest BCUT2D eigenvalue weighted by Crippen LogP contribution is 2.24. The third-order valence-corrected chi connectivity index (χ3v) is 3.94. The number of nitrogens with zero attached hydrogens (tertiary/aromatic N) is 2. The van der Waals surface area contributed by atoms with Crippen molar-refractivity contribution in [3.8, 4) is 0 Å². The summed E-state index contributed by atoms with van der Waals surface area (Å²) in [6.45, 7) is 0.765. The number of likely N-dealkylation sites (tertiary alicyclic amines) is 1. The van der Waals surface area contributed by atoms with Gasteiger partial charge in [-0.05, 0) is 31.7 Å². The Morgan fingerprint density at radius 1 is 1.41 bits per heavy atom. The lowest BCUT2D eigenvalue weighted by molar-refractivity contribution is -0.383. The molecule has 1 aromatic carbocycles. The average molecular weight is 307 g/mol. The van der Waals surface area contributed by atoms with Crippen LogP contribution >= 0.6 is 0 Å². The van der Waals surface area contributed by atoms with Gasteiger partial charge in [0.1, 0.15) is 5.69 Å². The standard InChI is InChI=1S/C15H21N3O4/c19-10-8-12-5-3-4-9-17(12)15(20)11-16-13-6-1-2-7-14(13)18(21)22/h1-2,6-7,12,16,19H,3-5,8-11H2. The van der Waals surface area contributed by atoms with Crippen molar-refractivity contribution in [1.29, 1.82) is 0 Å². The van der Waals surface area contributed by atoms with Gasteiger partial charge >= 0.3 is 0 Å². The Labute approximate surface area is 129 Å². The van der Waals surface area contributed by atoms with Gasteiger partial charge in [0.25, 0.3) is 5.69 Å². The number of aliphatic hydroxyl groups excluding tert-OH is 1. The number of piperidine rings is 1. The van der Waals surface area contributed by atoms with E-state index in [9.17, 15) is 14.9 Å². The molecule has 2 N–H and O–H groups in total. The van der Waals surface area contributed by atoms with Gasteiger partial charge in [0.05, 0.1) is 11.5 Å². The second-order valence-corrected chi connectivity index (χ2v) is 5.38. The maximum atomic E-state index is 12.3. The van der Waals surface area contributed by atoms with E-state index in [0.717, 1.165) is 19.3 Å². The number of para-hydroxylation sites is 2. The Bertz CT molecular complexity index is 533. The minimum Gasteiger partial charge on any atom is -0.396 e. The lowest BCUT2D eigenvalue weighted by Gasteiger charge is -2.35. The largest absolute Gasteiger partial charge is 0.396 e. The van der Waals surface area contributed by atoms with E-state index in [1.54, 1.807) is 23.1 Å². The van der Waals surface area contributed by atoms with Crippen molar-refractivity contribution in [3.05, 3.63) is 34.4 Å². The Kier molecular flexibility index (Phi) is 5.71. The molecule has 22 heavy (non-hydrogen) atoms. The molecule has 7 heteroatoms. The molecular formula is C15H21N3O4. The lowest BCUT2D eigenvalue weighted by Crippen LogP contribution is -2.46. The van der Waals surface area contributed by atoms with Crippen molar-refractivity contribution < 1.29 is 14.8 Å². The Balaban J connectivity index is 1.98. The van der Waals surface area contributed by atoms with Crippen LogP contribution in [0.2, 0.25) is 0 Å². The quantitative estimate of drug-likeness (QED) is 0.617. The number of anilines is 1. The predicted octanol–water partition coefficient (Wildman–Crippen LogP) is 1.77. The van der Waals surface area contributed by atoms with Gasteiger partial charge in [0.2, 0.25) is 5.91 Å². The highest BCUT2D eigenvalue weighted by molar-refractivity contribution is 5.82. The maximum absolute atomic E-state index is 12.3. The molecule has 0 radical (unpaired) electrons. The van der Waals surface area contributed by atoms with Gasteiger partial charge in [-0.3, -0.25) is 14.9 Å². The number of hydrogen-bond acceptors (Lipinski definition) is 5. The molecule has 1 saturated heterocycles. The maximum Gasteiger partial charge on any atom is 0.292 e. The fourth-order valence-electron chi connectivity index (χ4n) is 2.83. The van der Waals surface area contributed by atoms with E-state index in [0.29, 0.717) is 18.7 Å². The molecule has 1 aromatic rings. The number of carbonyl (C=O) groups is 1. The smallest absolute Gasteiger partial charge is 0.292 e. The fraction of sp³-hybridized carbons (Fsp3) is 0.533. The number of nitro benzene ring substituents is 1. The zero-order chi connectivity index (χ0) is 15.9. The van der Waals surface area contributed by atoms with Gasteiger partial charge in [0.15, 0.2) is 0 Å². The molecule has 1 aliphatic heterocycles. The summed E-state index contributed by atoms with van der Waals surface area (Å²) in [6, 6.07) is 6.34. The minimum atomic E-state index is -0.470. The van der Waals surface area contributed by atoms with Crippen LogP contribution in [0.15, 0.2) is 24.3 Å². The predicted molar refractivity (Wildman–Crippen MR) is 82.6 cm³/mol. The van der Waals surface area contributed by atoms with Gasteiger partial charge in [-0.25, -0.2) is 0 Å². The van der Waals surface area contributed by atoms with Gasteiger partial charge in [-0.2, -0.15) is 0 Å². The van der Waals surface area contributed by atoms with Gasteiger partial charge in [-0.15, -0.1) is 0 Å². The number of carbonyl (C=O) groups excluding carboxylic acids is 1. The van der Waals surface area contributed by atoms with E-state index in [-0.39, 0.29) is 30.8 Å². The van der Waals surface area contributed by atoms with Crippen molar-refractivity contribution >= 4 is 17.3 Å². The van der Waals surface area contributed by atoms with Crippen LogP contribution in [0.1, 0.15) is 25.7 Å². The number of hydrogen-bond donors (Lipinski definition) is 2. The van der Waals surface area contributed by atoms with Crippen LogP contribution in [-0.2, 0) is 4.79 Å². The molecule has 1 unspecified atom stereocenters. The molecule has 1 atom stereocenters. The molecule has 0 spiro atoms. The SMILES string of the molecule is O=C(CNc1ccccc1[N+](=O)[O-])N1CCCCC1CCO. The first-order valence-electron chi connectivity index (χ1n) is 7.51. The molecule has 120 valence electrons. The first kappa shape index (κ1) is 16.2. The summed E-state index contributed by atoms with van der Waals surface area (Å²) < 4.78 is 0. The molecule has 0 aromatic heterocycles. The highest BCUT2D eigenvalue weighted by atomic mass is 16.6. The molecule has 7 nitrogen and oxygen atoms in total. The number of nitro groups is 1. The van der Waals surface area contributed by atoms with Gasteiger partial charge < -0.3 is 15.3 Å². The van der Waals surface area contributed by atoms with E-state index in [2.05, 4.69) is 5.32 Å². The van der Waals surface area contributed by atoms with E-state index in [1.165, 1.54) is 6.07 Å². The molecule has 1 aliphatic rings. The average Bonchev–Trinajstić information content (AvgIpc) is 2.53. The van der Waals surface area contributed by atoms with Crippen molar-refractivity contribution in [1.82, 2.24) is 4.90 Å². The highest BCUT2D eigenvalue weighted by Gasteiger charge is 2.26. The number of benzene rings is 1. The van der Waals surface area contributed by atoms with Crippen molar-refractivity contribution in [2.24, 2.45) is 0 Å². The number of amides is 1. The third kappa shape index (κ3) is 3.94. The van der Waals surface area contributed by atoms with E-state index in [1.807, 2.05) is 0 Å². The number of rotatable bonds is 6. The van der Waals surface area contributed by atoms with Crippen LogP contribution in [0.25, 0.3) is 0 Å². The van der Waals surface area contributed by atoms with E-state index >= 15 is 0 Å². The molecular weight excluding hydrogens is 286 g/mol. The van der Waals surface area contributed by atoms with Crippen molar-refractivity contribution in [2.45, 2.75) is 31.7 Å². The number of aliphatic hydroxyl groups is 1. The Hall–Kier alpha value is -2.15. The van der Waals surface area contributed by atoms with Crippen molar-refractivity contribution in [2.75, 3.05) is 25.0 Å². The zero-order valence-electron chi connectivity index (χ0n) is 12.4. The topological polar surface area (TPSA) is 95.7 Å². The lowest BCUT2D eigenvalue weighted by atomic mass is 9.99. The summed E-state index contributed by atoms with van der Waals surface area (Å²) in [5.74, 6) is -0.0868. The normalized spacial score (nSPS) is 18.0. The fourth-order valence-corrected chi connectivity index (χ4v) is 2.83. The Morgan fingerprint density at radius 3 is 2.91 bits per heavy atom. The monoisotopic (exact) mass is 307 g/mol. The first-order valence-corrected chi connectivity index (χ1v) is 7.51. The van der Waals surface area contributed by atoms with E-state index < -0.39 is 4.92 Å². The molecule has 0 aliphatic carbocycles. The second kappa shape index (κ2) is 7.74. The van der Waals surface area contributed by atoms with Crippen LogP contribution in [0.4, 0.5) is 11.4 Å². The summed E-state index contributed by atoms with van der Waals surface area (Å²) in [5, 5.41) is 22.9. The summed E-state index contributed by atoms with van der Waals surface area (Å²) >= 11 is 0. The van der Waals surface area contributed by atoms with Crippen LogP contribution in [0.5, 0.6) is 0 Å². The van der Waals surface area contributed by atoms with E-state index in [4.69, 9.17) is 5.11 Å². The third-order valence-electron chi connectivity index (χ3n) is 3.94.